The Bertz CT molecular complexity index is 1900. The van der Waals surface area contributed by atoms with Crippen LogP contribution >= 0.6 is 0 Å². The second-order valence-electron chi connectivity index (χ2n) is 24.6. The Morgan fingerprint density at radius 3 is 0.700 bits per heavy atom. The van der Waals surface area contributed by atoms with Crippen LogP contribution in [0.15, 0.2) is 24.3 Å². The summed E-state index contributed by atoms with van der Waals surface area (Å²) in [5.74, 6) is 0.127. The highest BCUT2D eigenvalue weighted by Gasteiger charge is 2.39. The molecule has 0 saturated carbocycles. The minimum Gasteiger partial charge on any atom is -0.459 e. The lowest BCUT2D eigenvalue weighted by molar-refractivity contribution is 0.00412. The Hall–Kier alpha value is -3.58. The lowest BCUT2D eigenvalue weighted by atomic mass is 9.85. The average molecular weight is 973 g/mol. The van der Waals surface area contributed by atoms with E-state index in [9.17, 15) is 9.59 Å². The van der Waals surface area contributed by atoms with Crippen molar-refractivity contribution < 1.29 is 38.1 Å². The van der Waals surface area contributed by atoms with Crippen molar-refractivity contribution in [2.24, 2.45) is 47.3 Å². The summed E-state index contributed by atoms with van der Waals surface area (Å²) >= 11 is 0. The van der Waals surface area contributed by atoms with Crippen LogP contribution in [0, 0.1) is 47.3 Å². The molecule has 8 unspecified atom stereocenters. The van der Waals surface area contributed by atoms with Crippen molar-refractivity contribution in [2.45, 2.75) is 235 Å². The summed E-state index contributed by atoms with van der Waals surface area (Å²) in [5.41, 5.74) is 0.432. The van der Waals surface area contributed by atoms with Gasteiger partial charge in [-0.15, -0.1) is 0 Å². The zero-order chi connectivity index (χ0) is 51.5. The number of benzene rings is 2. The van der Waals surface area contributed by atoms with E-state index in [2.05, 4.69) is 132 Å². The predicted molar refractivity (Wildman–Crippen MR) is 279 cm³/mol. The summed E-state index contributed by atoms with van der Waals surface area (Å²) in [6.45, 7) is 34.8. The summed E-state index contributed by atoms with van der Waals surface area (Å²) < 4.78 is 25.8. The summed E-state index contributed by atoms with van der Waals surface area (Å²) in [4.78, 5) is 59.4. The lowest BCUT2D eigenvalue weighted by Gasteiger charge is -2.40. The number of nitrogens with one attached hydrogen (secondary N) is 4. The van der Waals surface area contributed by atoms with Gasteiger partial charge in [-0.1, -0.05) is 111 Å². The number of piperidine rings is 4. The maximum Gasteiger partial charge on any atom is 0.339 e. The zero-order valence-electron chi connectivity index (χ0n) is 45.8. The van der Waals surface area contributed by atoms with Crippen LogP contribution in [0.1, 0.15) is 204 Å². The van der Waals surface area contributed by atoms with Gasteiger partial charge in [-0.3, -0.25) is 0 Å². The predicted octanol–water partition coefficient (Wildman–Crippen LogP) is 10.7. The van der Waals surface area contributed by atoms with Gasteiger partial charge in [0.15, 0.2) is 0 Å². The molecule has 12 heteroatoms. The molecule has 4 N–H and O–H groups in total. The first-order chi connectivity index (χ1) is 32.9. The molecule has 2 aromatic rings. The SMILES string of the molecule is CC(C)C1CC(OC(=O)c2cc(C(=O)OC3CC(C(C)C)NC(C(C)C)C3)c3cc(C(=O)OC4CC(C(C)C)NC(C(C)C)C4)cc(C(=O)OC4CC(C(C)C)NC(C(C)C)C4)c3c2)CC(C(C)C)N1. The zero-order valence-corrected chi connectivity index (χ0v) is 45.8. The fourth-order valence-corrected chi connectivity index (χ4v) is 11.3. The maximum absolute atomic E-state index is 15.0. The highest BCUT2D eigenvalue weighted by atomic mass is 16.6. The quantitative estimate of drug-likeness (QED) is 0.0935. The van der Waals surface area contributed by atoms with E-state index < -0.39 is 36.1 Å². The summed E-state index contributed by atoms with van der Waals surface area (Å²) in [6.07, 6.45) is 3.58. The van der Waals surface area contributed by atoms with E-state index >= 15 is 9.59 Å². The molecule has 4 heterocycles. The van der Waals surface area contributed by atoms with Gasteiger partial charge >= 0.3 is 23.9 Å². The molecule has 4 aliphatic rings. The number of rotatable bonds is 16. The highest BCUT2D eigenvalue weighted by Crippen LogP contribution is 2.35. The fourth-order valence-electron chi connectivity index (χ4n) is 11.3. The molecule has 0 spiro atoms. The number of carbonyl (C=O) groups is 4. The van der Waals surface area contributed by atoms with Crippen molar-refractivity contribution in [3.63, 3.8) is 0 Å². The van der Waals surface area contributed by atoms with Gasteiger partial charge in [0.2, 0.25) is 0 Å². The summed E-state index contributed by atoms with van der Waals surface area (Å²) in [6, 6.07) is 7.54. The molecule has 392 valence electrons. The Balaban J connectivity index is 1.48. The largest absolute Gasteiger partial charge is 0.459 e. The summed E-state index contributed by atoms with van der Waals surface area (Å²) in [7, 11) is 0. The first-order valence-corrected chi connectivity index (χ1v) is 27.4. The number of hydrogen-bond acceptors (Lipinski definition) is 12. The van der Waals surface area contributed by atoms with Crippen LogP contribution in [0.2, 0.25) is 0 Å². The van der Waals surface area contributed by atoms with Gasteiger partial charge in [0, 0.05) is 99.7 Å². The Kier molecular flexibility index (Phi) is 19.1. The molecular formula is C58H92N4O8. The number of carbonyl (C=O) groups excluding carboxylic acids is 4. The van der Waals surface area contributed by atoms with Crippen LogP contribution < -0.4 is 21.3 Å². The lowest BCUT2D eigenvalue weighted by Crippen LogP contribution is -2.52. The molecular weight excluding hydrogens is 881 g/mol. The first-order valence-electron chi connectivity index (χ1n) is 27.4. The van der Waals surface area contributed by atoms with Crippen molar-refractivity contribution in [1.29, 1.82) is 0 Å². The van der Waals surface area contributed by atoms with Crippen LogP contribution in [-0.2, 0) is 18.9 Å². The minimum atomic E-state index is -0.626. The van der Waals surface area contributed by atoms with E-state index in [4.69, 9.17) is 18.9 Å². The van der Waals surface area contributed by atoms with E-state index in [0.29, 0.717) is 109 Å². The van der Waals surface area contributed by atoms with E-state index in [1.165, 1.54) is 0 Å². The summed E-state index contributed by atoms with van der Waals surface area (Å²) in [5, 5.41) is 15.7. The topological polar surface area (TPSA) is 153 Å². The van der Waals surface area contributed by atoms with Crippen LogP contribution in [0.3, 0.4) is 0 Å². The number of hydrogen-bond donors (Lipinski definition) is 4. The number of ether oxygens (including phenoxy) is 4. The van der Waals surface area contributed by atoms with Gasteiger partial charge < -0.3 is 40.2 Å². The fraction of sp³-hybridized carbons (Fsp3) is 0.759. The standard InChI is InChI=1S/C58H92N4O8/c1-29(2)47-21-39(22-48(59-47)30(3)4)67-55(63)37-17-43-44(45(19-37)57(65)69-41-25-51(33(9)10)61-52(26-41)34(11)12)18-38(56(64)68-40-23-49(31(5)6)60-50(24-40)32(7)8)20-46(43)58(66)70-42-27-53(35(13)14)62-54(28-42)36(15)16/h17-20,29-36,39-42,47-54,59-62H,21-28H2,1-16H3. The van der Waals surface area contributed by atoms with Gasteiger partial charge in [0.05, 0.1) is 22.3 Å². The third-order valence-corrected chi connectivity index (χ3v) is 16.4. The molecule has 0 amide bonds. The molecule has 4 fully saturated rings. The highest BCUT2D eigenvalue weighted by molar-refractivity contribution is 6.15. The molecule has 0 radical (unpaired) electrons. The second kappa shape index (κ2) is 24.0. The maximum atomic E-state index is 15.0. The second-order valence-corrected chi connectivity index (χ2v) is 24.6. The third-order valence-electron chi connectivity index (χ3n) is 16.4. The molecule has 0 aromatic heterocycles. The van der Waals surface area contributed by atoms with Crippen molar-refractivity contribution in [3.05, 3.63) is 46.5 Å². The first kappa shape index (κ1) is 55.7. The van der Waals surface area contributed by atoms with Gasteiger partial charge in [-0.25, -0.2) is 19.2 Å². The van der Waals surface area contributed by atoms with Gasteiger partial charge in [-0.2, -0.15) is 0 Å². The molecule has 70 heavy (non-hydrogen) atoms. The van der Waals surface area contributed by atoms with Crippen LogP contribution in [0.4, 0.5) is 0 Å². The normalized spacial score (nSPS) is 30.0. The van der Waals surface area contributed by atoms with E-state index in [1.807, 2.05) is 0 Å². The van der Waals surface area contributed by atoms with E-state index in [1.54, 1.807) is 24.3 Å². The van der Waals surface area contributed by atoms with Crippen molar-refractivity contribution in [3.8, 4) is 0 Å². The van der Waals surface area contributed by atoms with Gasteiger partial charge in [0.25, 0.3) is 0 Å². The Morgan fingerprint density at radius 1 is 0.329 bits per heavy atom. The molecule has 2 aromatic carbocycles. The number of esters is 4. The minimum absolute atomic E-state index is 0.0857. The van der Waals surface area contributed by atoms with E-state index in [0.717, 1.165) is 0 Å². The monoisotopic (exact) mass is 973 g/mol. The number of fused-ring (bicyclic) bond motifs is 1. The smallest absolute Gasteiger partial charge is 0.339 e. The van der Waals surface area contributed by atoms with Gasteiger partial charge in [-0.05, 0) is 82.4 Å². The van der Waals surface area contributed by atoms with Gasteiger partial charge in [0.1, 0.15) is 24.4 Å². The molecule has 6 rings (SSSR count). The molecule has 0 bridgehead atoms. The molecule has 4 aliphatic heterocycles. The van der Waals surface area contributed by atoms with E-state index in [-0.39, 0.29) is 82.8 Å². The Morgan fingerprint density at radius 2 is 0.514 bits per heavy atom. The third kappa shape index (κ3) is 13.9. The average Bonchev–Trinajstić information content (AvgIpc) is 3.29. The molecule has 12 nitrogen and oxygen atoms in total. The molecule has 0 aliphatic carbocycles. The van der Waals surface area contributed by atoms with Crippen LogP contribution in [0.25, 0.3) is 10.8 Å². The molecule has 8 atom stereocenters. The van der Waals surface area contributed by atoms with Crippen LogP contribution in [-0.4, -0.2) is 96.6 Å². The van der Waals surface area contributed by atoms with Crippen molar-refractivity contribution in [1.82, 2.24) is 21.3 Å². The van der Waals surface area contributed by atoms with Crippen molar-refractivity contribution in [2.75, 3.05) is 0 Å². The molecule has 4 saturated heterocycles. The Labute approximate surface area is 421 Å². The van der Waals surface area contributed by atoms with Crippen LogP contribution in [0.5, 0.6) is 0 Å². The van der Waals surface area contributed by atoms with Crippen molar-refractivity contribution >= 4 is 34.6 Å².